The van der Waals surface area contributed by atoms with Crippen LogP contribution in [0.1, 0.15) is 43.5 Å². The van der Waals surface area contributed by atoms with Gasteiger partial charge in [0.05, 0.1) is 11.0 Å². The molecule has 5 nitrogen and oxygen atoms in total. The highest BCUT2D eigenvalue weighted by Gasteiger charge is 2.19. The number of hydrogen-bond donors (Lipinski definition) is 1. The van der Waals surface area contributed by atoms with Gasteiger partial charge in [-0.2, -0.15) is 0 Å². The van der Waals surface area contributed by atoms with E-state index in [0.29, 0.717) is 5.56 Å². The first-order chi connectivity index (χ1) is 14.1. The van der Waals surface area contributed by atoms with E-state index in [1.165, 1.54) is 24.8 Å². The largest absolute Gasteiger partial charge is 0.342 e. The molecule has 0 aliphatic carbocycles. The first kappa shape index (κ1) is 19.2. The lowest BCUT2D eigenvalue weighted by atomic mass is 10.1. The van der Waals surface area contributed by atoms with Crippen LogP contribution in [0.4, 0.5) is 11.6 Å². The summed E-state index contributed by atoms with van der Waals surface area (Å²) in [6, 6.07) is 15.3. The lowest BCUT2D eigenvalue weighted by Crippen LogP contribution is -2.31. The van der Waals surface area contributed by atoms with Crippen LogP contribution in [0, 0.1) is 0 Å². The number of amides is 1. The summed E-state index contributed by atoms with van der Waals surface area (Å²) in [6.45, 7) is 7.11. The summed E-state index contributed by atoms with van der Waals surface area (Å²) in [4.78, 5) is 19.9. The van der Waals surface area contributed by atoms with E-state index in [2.05, 4.69) is 34.7 Å². The number of fused-ring (bicyclic) bond motifs is 1. The molecule has 1 aliphatic heterocycles. The van der Waals surface area contributed by atoms with Crippen molar-refractivity contribution >= 4 is 28.6 Å². The highest BCUT2D eigenvalue weighted by molar-refractivity contribution is 6.05. The third-order valence-electron chi connectivity index (χ3n) is 5.34. The van der Waals surface area contributed by atoms with Crippen LogP contribution in [-0.4, -0.2) is 28.5 Å². The maximum absolute atomic E-state index is 12.6. The van der Waals surface area contributed by atoms with Gasteiger partial charge in [0.2, 0.25) is 5.95 Å². The van der Waals surface area contributed by atoms with E-state index in [9.17, 15) is 4.79 Å². The predicted octanol–water partition coefficient (Wildman–Crippen LogP) is 5.25. The first-order valence-electron chi connectivity index (χ1n) is 10.4. The van der Waals surface area contributed by atoms with Gasteiger partial charge in [-0.05, 0) is 63.4 Å². The zero-order valence-electron chi connectivity index (χ0n) is 17.2. The highest BCUT2D eigenvalue weighted by Crippen LogP contribution is 2.28. The number of carbonyl (C=O) groups is 1. The van der Waals surface area contributed by atoms with Crippen molar-refractivity contribution in [3.63, 3.8) is 0 Å². The van der Waals surface area contributed by atoms with Gasteiger partial charge in [-0.3, -0.25) is 4.79 Å². The molecule has 0 atom stereocenters. The van der Waals surface area contributed by atoms with Crippen LogP contribution in [0.2, 0.25) is 0 Å². The van der Waals surface area contributed by atoms with Crippen molar-refractivity contribution in [2.75, 3.05) is 23.3 Å². The minimum absolute atomic E-state index is 0.100. The van der Waals surface area contributed by atoms with Crippen LogP contribution in [0.3, 0.4) is 0 Å². The Labute approximate surface area is 172 Å². The van der Waals surface area contributed by atoms with E-state index in [1.807, 2.05) is 48.5 Å². The number of piperidine rings is 1. The standard InChI is InChI=1S/C24H28N4O/c1-18(2)13-16-28-22-17-20(25-23(29)19-9-5-3-6-10-19)11-12-21(22)26-24(28)27-14-7-4-8-15-27/h3,5-6,9-13,17H,4,7-8,14-16H2,1-2H3,(H,25,29). The fourth-order valence-electron chi connectivity index (χ4n) is 3.77. The molecule has 0 bridgehead atoms. The molecule has 5 heteroatoms. The normalized spacial score (nSPS) is 14.1. The number of anilines is 2. The third-order valence-corrected chi connectivity index (χ3v) is 5.34. The van der Waals surface area contributed by atoms with E-state index in [1.54, 1.807) is 0 Å². The van der Waals surface area contributed by atoms with Gasteiger partial charge < -0.3 is 14.8 Å². The van der Waals surface area contributed by atoms with Gasteiger partial charge in [0.15, 0.2) is 0 Å². The molecular formula is C24H28N4O. The number of allylic oxidation sites excluding steroid dienone is 2. The Kier molecular flexibility index (Phi) is 5.65. The summed E-state index contributed by atoms with van der Waals surface area (Å²) in [5.41, 5.74) is 4.74. The van der Waals surface area contributed by atoms with Crippen LogP contribution in [0.15, 0.2) is 60.2 Å². The van der Waals surface area contributed by atoms with Gasteiger partial charge in [-0.25, -0.2) is 4.98 Å². The van der Waals surface area contributed by atoms with Gasteiger partial charge in [-0.15, -0.1) is 0 Å². The minimum Gasteiger partial charge on any atom is -0.342 e. The number of nitrogens with one attached hydrogen (secondary N) is 1. The average molecular weight is 389 g/mol. The molecule has 1 aliphatic rings. The Hall–Kier alpha value is -3.08. The number of carbonyl (C=O) groups excluding carboxylic acids is 1. The number of nitrogens with zero attached hydrogens (tertiary/aromatic N) is 3. The van der Waals surface area contributed by atoms with Gasteiger partial charge in [0.25, 0.3) is 5.91 Å². The molecule has 29 heavy (non-hydrogen) atoms. The average Bonchev–Trinajstić information content (AvgIpc) is 3.11. The van der Waals surface area contributed by atoms with Crippen molar-refractivity contribution in [2.45, 2.75) is 39.7 Å². The molecule has 0 unspecified atom stereocenters. The molecule has 1 fully saturated rings. The first-order valence-corrected chi connectivity index (χ1v) is 10.4. The molecule has 1 saturated heterocycles. The zero-order chi connectivity index (χ0) is 20.2. The van der Waals surface area contributed by atoms with E-state index in [0.717, 1.165) is 42.3 Å². The molecule has 2 heterocycles. The van der Waals surface area contributed by atoms with Gasteiger partial charge in [0, 0.05) is 30.9 Å². The Balaban J connectivity index is 1.69. The maximum Gasteiger partial charge on any atom is 0.255 e. The van der Waals surface area contributed by atoms with Crippen molar-refractivity contribution in [3.8, 4) is 0 Å². The van der Waals surface area contributed by atoms with Crippen LogP contribution < -0.4 is 10.2 Å². The molecule has 150 valence electrons. The maximum atomic E-state index is 12.6. The third kappa shape index (κ3) is 4.34. The van der Waals surface area contributed by atoms with E-state index in [4.69, 9.17) is 4.98 Å². The molecule has 1 amide bonds. The Morgan fingerprint density at radius 1 is 1.07 bits per heavy atom. The smallest absolute Gasteiger partial charge is 0.255 e. The lowest BCUT2D eigenvalue weighted by Gasteiger charge is -2.28. The second-order valence-electron chi connectivity index (χ2n) is 7.88. The molecule has 1 aromatic heterocycles. The monoisotopic (exact) mass is 388 g/mol. The van der Waals surface area contributed by atoms with E-state index >= 15 is 0 Å². The summed E-state index contributed by atoms with van der Waals surface area (Å²) >= 11 is 0. The SMILES string of the molecule is CC(C)=CCn1c(N2CCCCC2)nc2ccc(NC(=O)c3ccccc3)cc21. The fraction of sp³-hybridized carbons (Fsp3) is 0.333. The number of hydrogen-bond acceptors (Lipinski definition) is 3. The summed E-state index contributed by atoms with van der Waals surface area (Å²) < 4.78 is 2.27. The number of imidazole rings is 1. The van der Waals surface area contributed by atoms with Crippen molar-refractivity contribution < 1.29 is 4.79 Å². The number of aromatic nitrogens is 2. The summed E-state index contributed by atoms with van der Waals surface area (Å²) in [5, 5.41) is 3.02. The molecule has 0 radical (unpaired) electrons. The van der Waals surface area contributed by atoms with Crippen LogP contribution >= 0.6 is 0 Å². The van der Waals surface area contributed by atoms with Crippen molar-refractivity contribution in [3.05, 3.63) is 65.7 Å². The number of benzene rings is 2. The molecule has 0 saturated carbocycles. The zero-order valence-corrected chi connectivity index (χ0v) is 17.2. The van der Waals surface area contributed by atoms with Crippen LogP contribution in [-0.2, 0) is 6.54 Å². The van der Waals surface area contributed by atoms with Crippen molar-refractivity contribution in [2.24, 2.45) is 0 Å². The van der Waals surface area contributed by atoms with Gasteiger partial charge >= 0.3 is 0 Å². The Morgan fingerprint density at radius 3 is 2.55 bits per heavy atom. The quantitative estimate of drug-likeness (QED) is 0.608. The van der Waals surface area contributed by atoms with Crippen LogP contribution in [0.5, 0.6) is 0 Å². The topological polar surface area (TPSA) is 50.2 Å². The fourth-order valence-corrected chi connectivity index (χ4v) is 3.77. The second kappa shape index (κ2) is 8.52. The van der Waals surface area contributed by atoms with Gasteiger partial charge in [0.1, 0.15) is 0 Å². The molecular weight excluding hydrogens is 360 g/mol. The predicted molar refractivity (Wildman–Crippen MR) is 120 cm³/mol. The van der Waals surface area contributed by atoms with E-state index < -0.39 is 0 Å². The molecule has 3 aromatic rings. The van der Waals surface area contributed by atoms with Crippen molar-refractivity contribution in [1.82, 2.24) is 9.55 Å². The highest BCUT2D eigenvalue weighted by atomic mass is 16.1. The molecule has 2 aromatic carbocycles. The summed E-state index contributed by atoms with van der Waals surface area (Å²) in [6.07, 6.45) is 5.94. The summed E-state index contributed by atoms with van der Waals surface area (Å²) in [5.74, 6) is 0.931. The van der Waals surface area contributed by atoms with E-state index in [-0.39, 0.29) is 5.91 Å². The minimum atomic E-state index is -0.100. The molecule has 1 N–H and O–H groups in total. The second-order valence-corrected chi connectivity index (χ2v) is 7.88. The molecule has 4 rings (SSSR count). The van der Waals surface area contributed by atoms with Crippen LogP contribution in [0.25, 0.3) is 11.0 Å². The number of rotatable bonds is 5. The van der Waals surface area contributed by atoms with Gasteiger partial charge in [-0.1, -0.05) is 29.8 Å². The van der Waals surface area contributed by atoms with Crippen molar-refractivity contribution in [1.29, 1.82) is 0 Å². The molecule has 0 spiro atoms. The lowest BCUT2D eigenvalue weighted by molar-refractivity contribution is 0.102. The Bertz CT molecular complexity index is 1030. The Morgan fingerprint density at radius 2 is 1.83 bits per heavy atom. The summed E-state index contributed by atoms with van der Waals surface area (Å²) in [7, 11) is 0.